The van der Waals surface area contributed by atoms with E-state index in [9.17, 15) is 0 Å². The molecule has 0 fully saturated rings. The van der Waals surface area contributed by atoms with Crippen molar-refractivity contribution < 1.29 is 0 Å². The van der Waals surface area contributed by atoms with Gasteiger partial charge in [-0.05, 0) is 46.1 Å². The maximum atomic E-state index is 4.59. The lowest BCUT2D eigenvalue weighted by atomic mass is 10.2. The van der Waals surface area contributed by atoms with Gasteiger partial charge in [0.1, 0.15) is 5.03 Å². The van der Waals surface area contributed by atoms with E-state index >= 15 is 0 Å². The molecule has 106 valence electrons. The smallest absolute Gasteiger partial charge is 0.104 e. The van der Waals surface area contributed by atoms with Gasteiger partial charge in [-0.2, -0.15) is 0 Å². The highest BCUT2D eigenvalue weighted by Gasteiger charge is 2.07. The van der Waals surface area contributed by atoms with Gasteiger partial charge < -0.3 is 5.32 Å². The van der Waals surface area contributed by atoms with Crippen LogP contribution in [0.4, 0.5) is 0 Å². The van der Waals surface area contributed by atoms with Crippen LogP contribution in [0.3, 0.4) is 0 Å². The van der Waals surface area contributed by atoms with Crippen LogP contribution in [0.25, 0.3) is 0 Å². The average Bonchev–Trinajstić information content (AvgIpc) is 2.41. The van der Waals surface area contributed by atoms with Crippen LogP contribution in [-0.4, -0.2) is 11.0 Å². The molecule has 0 bridgehead atoms. The minimum atomic E-state index is 0.490. The van der Waals surface area contributed by atoms with Gasteiger partial charge in [0, 0.05) is 28.2 Å². The molecule has 1 heterocycles. The third kappa shape index (κ3) is 4.33. The number of hydrogen-bond acceptors (Lipinski definition) is 3. The molecular weight excluding hydrogens is 332 g/mol. The molecule has 0 amide bonds. The predicted molar refractivity (Wildman–Crippen MR) is 89.2 cm³/mol. The first-order valence-corrected chi connectivity index (χ1v) is 8.28. The standard InChI is InChI=1S/C16H19BrN2S/c1-11(2)18-9-13-8-12(3)16(19-10-13)20-15-7-5-4-6-14(15)17/h4-8,10-11,18H,9H2,1-3H3. The summed E-state index contributed by atoms with van der Waals surface area (Å²) in [7, 11) is 0. The first-order valence-electron chi connectivity index (χ1n) is 6.67. The van der Waals surface area contributed by atoms with Crippen LogP contribution >= 0.6 is 27.7 Å². The number of aromatic nitrogens is 1. The lowest BCUT2D eigenvalue weighted by Crippen LogP contribution is -2.21. The van der Waals surface area contributed by atoms with Crippen LogP contribution in [0.15, 0.2) is 50.9 Å². The maximum Gasteiger partial charge on any atom is 0.104 e. The summed E-state index contributed by atoms with van der Waals surface area (Å²) in [6.07, 6.45) is 1.96. The Hall–Kier alpha value is -0.840. The molecular formula is C16H19BrN2S. The Morgan fingerprint density at radius 2 is 2.05 bits per heavy atom. The van der Waals surface area contributed by atoms with E-state index in [4.69, 9.17) is 0 Å². The molecule has 1 aromatic heterocycles. The second kappa shape index (κ2) is 7.25. The summed E-state index contributed by atoms with van der Waals surface area (Å²) in [4.78, 5) is 5.79. The third-order valence-electron chi connectivity index (χ3n) is 2.84. The number of pyridine rings is 1. The SMILES string of the molecule is Cc1cc(CNC(C)C)cnc1Sc1ccccc1Br. The van der Waals surface area contributed by atoms with Gasteiger partial charge in [0.05, 0.1) is 0 Å². The Kier molecular flexibility index (Phi) is 5.64. The molecule has 0 saturated carbocycles. The number of benzene rings is 1. The molecule has 0 aliphatic rings. The predicted octanol–water partition coefficient (Wildman–Crippen LogP) is 4.80. The fraction of sp³-hybridized carbons (Fsp3) is 0.312. The highest BCUT2D eigenvalue weighted by molar-refractivity contribution is 9.10. The fourth-order valence-corrected chi connectivity index (χ4v) is 3.15. The molecule has 2 rings (SSSR count). The normalized spacial score (nSPS) is 11.1. The van der Waals surface area contributed by atoms with Crippen molar-refractivity contribution in [1.29, 1.82) is 0 Å². The first-order chi connectivity index (χ1) is 9.56. The summed E-state index contributed by atoms with van der Waals surface area (Å²) >= 11 is 5.27. The Labute approximate surface area is 133 Å². The summed E-state index contributed by atoms with van der Waals surface area (Å²) in [5.74, 6) is 0. The molecule has 1 N–H and O–H groups in total. The monoisotopic (exact) mass is 350 g/mol. The van der Waals surface area contributed by atoms with E-state index in [-0.39, 0.29) is 0 Å². The summed E-state index contributed by atoms with van der Waals surface area (Å²) in [5.41, 5.74) is 2.45. The van der Waals surface area contributed by atoms with Crippen LogP contribution in [0.2, 0.25) is 0 Å². The average molecular weight is 351 g/mol. The van der Waals surface area contributed by atoms with Crippen molar-refractivity contribution in [2.75, 3.05) is 0 Å². The van der Waals surface area contributed by atoms with E-state index < -0.39 is 0 Å². The summed E-state index contributed by atoms with van der Waals surface area (Å²) < 4.78 is 1.11. The molecule has 0 saturated heterocycles. The Morgan fingerprint density at radius 1 is 1.30 bits per heavy atom. The van der Waals surface area contributed by atoms with E-state index in [1.807, 2.05) is 18.3 Å². The van der Waals surface area contributed by atoms with Crippen molar-refractivity contribution in [2.24, 2.45) is 0 Å². The van der Waals surface area contributed by atoms with Crippen molar-refractivity contribution in [3.8, 4) is 0 Å². The van der Waals surface area contributed by atoms with Crippen LogP contribution in [0.5, 0.6) is 0 Å². The second-order valence-corrected chi connectivity index (χ2v) is 6.92. The van der Waals surface area contributed by atoms with E-state index in [2.05, 4.69) is 65.2 Å². The zero-order chi connectivity index (χ0) is 14.5. The molecule has 0 radical (unpaired) electrons. The van der Waals surface area contributed by atoms with E-state index in [0.29, 0.717) is 6.04 Å². The van der Waals surface area contributed by atoms with E-state index in [1.165, 1.54) is 16.0 Å². The third-order valence-corrected chi connectivity index (χ3v) is 5.00. The lowest BCUT2D eigenvalue weighted by Gasteiger charge is -2.11. The number of nitrogens with zero attached hydrogens (tertiary/aromatic N) is 1. The molecule has 0 unspecified atom stereocenters. The topological polar surface area (TPSA) is 24.9 Å². The quantitative estimate of drug-likeness (QED) is 0.837. The number of halogens is 1. The minimum absolute atomic E-state index is 0.490. The number of rotatable bonds is 5. The van der Waals surface area contributed by atoms with Crippen LogP contribution in [-0.2, 0) is 6.54 Å². The van der Waals surface area contributed by atoms with Crippen molar-refractivity contribution in [2.45, 2.75) is 43.3 Å². The van der Waals surface area contributed by atoms with Gasteiger partial charge in [-0.1, -0.05) is 43.8 Å². The molecule has 0 atom stereocenters. The molecule has 20 heavy (non-hydrogen) atoms. The second-order valence-electron chi connectivity index (χ2n) is 5.03. The number of aryl methyl sites for hydroxylation is 1. The van der Waals surface area contributed by atoms with E-state index in [0.717, 1.165) is 16.0 Å². The number of hydrogen-bond donors (Lipinski definition) is 1. The molecule has 4 heteroatoms. The highest BCUT2D eigenvalue weighted by Crippen LogP contribution is 2.33. The fourth-order valence-electron chi connectivity index (χ4n) is 1.78. The van der Waals surface area contributed by atoms with Gasteiger partial charge >= 0.3 is 0 Å². The zero-order valence-electron chi connectivity index (χ0n) is 12.0. The molecule has 1 aromatic carbocycles. The minimum Gasteiger partial charge on any atom is -0.310 e. The summed E-state index contributed by atoms with van der Waals surface area (Å²) in [6, 6.07) is 10.9. The van der Waals surface area contributed by atoms with Gasteiger partial charge in [-0.25, -0.2) is 4.98 Å². The molecule has 2 aromatic rings. The molecule has 0 aliphatic carbocycles. The van der Waals surface area contributed by atoms with Gasteiger partial charge in [-0.3, -0.25) is 0 Å². The maximum absolute atomic E-state index is 4.59. The Balaban J connectivity index is 2.12. The lowest BCUT2D eigenvalue weighted by molar-refractivity contribution is 0.587. The van der Waals surface area contributed by atoms with Gasteiger partial charge in [-0.15, -0.1) is 0 Å². The first kappa shape index (κ1) is 15.5. The molecule has 0 spiro atoms. The van der Waals surface area contributed by atoms with E-state index in [1.54, 1.807) is 11.8 Å². The van der Waals surface area contributed by atoms with Gasteiger partial charge in [0.2, 0.25) is 0 Å². The van der Waals surface area contributed by atoms with Crippen molar-refractivity contribution in [1.82, 2.24) is 10.3 Å². The van der Waals surface area contributed by atoms with Gasteiger partial charge in [0.25, 0.3) is 0 Å². The van der Waals surface area contributed by atoms with Gasteiger partial charge in [0.15, 0.2) is 0 Å². The van der Waals surface area contributed by atoms with Crippen LogP contribution in [0, 0.1) is 6.92 Å². The largest absolute Gasteiger partial charge is 0.310 e. The van der Waals surface area contributed by atoms with Crippen molar-refractivity contribution >= 4 is 27.7 Å². The van der Waals surface area contributed by atoms with Crippen molar-refractivity contribution in [3.63, 3.8) is 0 Å². The summed E-state index contributed by atoms with van der Waals surface area (Å²) in [6.45, 7) is 7.28. The Bertz CT molecular complexity index is 584. The zero-order valence-corrected chi connectivity index (χ0v) is 14.4. The summed E-state index contributed by atoms with van der Waals surface area (Å²) in [5, 5.41) is 4.47. The van der Waals surface area contributed by atoms with Crippen LogP contribution in [0.1, 0.15) is 25.0 Å². The Morgan fingerprint density at radius 3 is 2.70 bits per heavy atom. The highest BCUT2D eigenvalue weighted by atomic mass is 79.9. The number of nitrogens with one attached hydrogen (secondary N) is 1. The molecule has 2 nitrogen and oxygen atoms in total. The van der Waals surface area contributed by atoms with Crippen molar-refractivity contribution in [3.05, 3.63) is 52.1 Å². The molecule has 0 aliphatic heterocycles. The van der Waals surface area contributed by atoms with Crippen LogP contribution < -0.4 is 5.32 Å².